The van der Waals surface area contributed by atoms with Crippen LogP contribution in [0.15, 0.2) is 65.7 Å². The second kappa shape index (κ2) is 15.4. The van der Waals surface area contributed by atoms with E-state index in [0.717, 1.165) is 11.3 Å². The first-order valence-electron chi connectivity index (χ1n) is 13.8. The molecular formula is C32H32N6O5. The topological polar surface area (TPSA) is 101 Å². The molecule has 1 aliphatic rings. The van der Waals surface area contributed by atoms with Crippen LogP contribution in [0.1, 0.15) is 48.7 Å². The highest BCUT2D eigenvalue weighted by atomic mass is 16.6. The smallest absolute Gasteiger partial charge is 0.462 e. The van der Waals surface area contributed by atoms with Gasteiger partial charge in [-0.3, -0.25) is 4.79 Å². The summed E-state index contributed by atoms with van der Waals surface area (Å²) in [5.41, 5.74) is 3.09. The molecule has 11 nitrogen and oxygen atoms in total. The number of anilines is 1. The standard InChI is InChI=1S/C32H32N6O5/c1-7-36-32(41)43-20-10-19-42-31(40)24-13-11-22(12-14-24)21-37(8-2)25-17-15-23(16-18-25)26-27(33-4)28(29(34-5)35-6)38(9-3)30(26)39/h11-18H,7-10,19-21H2,1-3H3,(H,36,41). The Hall–Kier alpha value is -5.60. The molecule has 1 aliphatic heterocycles. The highest BCUT2D eigenvalue weighted by molar-refractivity contribution is 6.25. The summed E-state index contributed by atoms with van der Waals surface area (Å²) in [5, 5.41) is 2.52. The summed E-state index contributed by atoms with van der Waals surface area (Å²) < 4.78 is 10.2. The number of hydrogen-bond donors (Lipinski definition) is 1. The Morgan fingerprint density at radius 2 is 1.58 bits per heavy atom. The molecule has 2 aromatic rings. The molecule has 0 aliphatic carbocycles. The van der Waals surface area contributed by atoms with Gasteiger partial charge < -0.3 is 24.6 Å². The van der Waals surface area contributed by atoms with Gasteiger partial charge >= 0.3 is 17.9 Å². The molecule has 0 atom stereocenters. The number of carbonyl (C=O) groups excluding carboxylic acids is 3. The monoisotopic (exact) mass is 580 g/mol. The molecule has 0 fully saturated rings. The van der Waals surface area contributed by atoms with Crippen LogP contribution in [-0.2, 0) is 20.8 Å². The first-order chi connectivity index (χ1) is 20.8. The zero-order valence-electron chi connectivity index (χ0n) is 24.3. The maximum absolute atomic E-state index is 13.2. The molecule has 0 radical (unpaired) electrons. The Morgan fingerprint density at radius 3 is 2.14 bits per heavy atom. The minimum absolute atomic E-state index is 0.0141. The normalized spacial score (nSPS) is 12.2. The summed E-state index contributed by atoms with van der Waals surface area (Å²) in [4.78, 5) is 50.3. The summed E-state index contributed by atoms with van der Waals surface area (Å²) >= 11 is 0. The lowest BCUT2D eigenvalue weighted by Crippen LogP contribution is -2.25. The fourth-order valence-corrected chi connectivity index (χ4v) is 4.47. The summed E-state index contributed by atoms with van der Waals surface area (Å²) in [6.45, 7) is 30.1. The summed E-state index contributed by atoms with van der Waals surface area (Å²) in [6.07, 6.45) is -0.103. The molecule has 43 heavy (non-hydrogen) atoms. The van der Waals surface area contributed by atoms with Gasteiger partial charge in [-0.15, -0.1) is 0 Å². The number of carbonyl (C=O) groups is 3. The van der Waals surface area contributed by atoms with Crippen molar-refractivity contribution in [1.29, 1.82) is 0 Å². The number of esters is 1. The first kappa shape index (κ1) is 31.9. The van der Waals surface area contributed by atoms with Crippen LogP contribution in [-0.4, -0.2) is 55.7 Å². The van der Waals surface area contributed by atoms with Crippen molar-refractivity contribution in [2.45, 2.75) is 33.7 Å². The lowest BCUT2D eigenvalue weighted by molar-refractivity contribution is -0.122. The van der Waals surface area contributed by atoms with Crippen LogP contribution in [0.4, 0.5) is 10.5 Å². The zero-order valence-corrected chi connectivity index (χ0v) is 24.3. The van der Waals surface area contributed by atoms with E-state index in [2.05, 4.69) is 24.8 Å². The van der Waals surface area contributed by atoms with Gasteiger partial charge in [-0.2, -0.15) is 9.69 Å². The Labute approximate surface area is 251 Å². The molecule has 220 valence electrons. The zero-order chi connectivity index (χ0) is 31.4. The number of likely N-dealkylation sites (N-methyl/N-ethyl adjacent to an activating group) is 1. The van der Waals surface area contributed by atoms with Gasteiger partial charge in [-0.1, -0.05) is 24.3 Å². The van der Waals surface area contributed by atoms with E-state index in [1.807, 2.05) is 31.2 Å². The largest absolute Gasteiger partial charge is 0.532 e. The predicted octanol–water partition coefficient (Wildman–Crippen LogP) is 5.51. The van der Waals surface area contributed by atoms with Crippen LogP contribution in [0, 0.1) is 19.7 Å². The molecule has 0 aromatic heterocycles. The van der Waals surface area contributed by atoms with E-state index in [9.17, 15) is 14.4 Å². The van der Waals surface area contributed by atoms with Crippen molar-refractivity contribution < 1.29 is 23.9 Å². The maximum atomic E-state index is 13.2. The molecule has 0 bridgehead atoms. The minimum Gasteiger partial charge on any atom is -0.462 e. The summed E-state index contributed by atoms with van der Waals surface area (Å²) in [6, 6.07) is 14.4. The lowest BCUT2D eigenvalue weighted by atomic mass is 10.0. The molecule has 1 heterocycles. The average molecular weight is 581 g/mol. The molecule has 0 saturated carbocycles. The molecule has 0 spiro atoms. The Kier molecular flexibility index (Phi) is 11.4. The molecule has 11 heteroatoms. The van der Waals surface area contributed by atoms with Crippen molar-refractivity contribution in [2.75, 3.05) is 37.7 Å². The van der Waals surface area contributed by atoms with Gasteiger partial charge in [0.25, 0.3) is 0 Å². The number of alkyl carbamates (subject to hydrolysis) is 1. The first-order valence-corrected chi connectivity index (χ1v) is 13.8. The summed E-state index contributed by atoms with van der Waals surface area (Å²) in [7, 11) is 0. The summed E-state index contributed by atoms with van der Waals surface area (Å²) in [5.74, 6) is -1.16. The number of hydrogen-bond acceptors (Lipinski definition) is 6. The van der Waals surface area contributed by atoms with Gasteiger partial charge in [-0.25, -0.2) is 14.4 Å². The van der Waals surface area contributed by atoms with Gasteiger partial charge in [0.05, 0.1) is 30.9 Å². The van der Waals surface area contributed by atoms with Crippen LogP contribution in [0.3, 0.4) is 0 Å². The maximum Gasteiger partial charge on any atom is 0.532 e. The fourth-order valence-electron chi connectivity index (χ4n) is 4.47. The minimum atomic E-state index is -0.500. The van der Waals surface area contributed by atoms with Crippen LogP contribution < -0.4 is 10.2 Å². The van der Waals surface area contributed by atoms with Gasteiger partial charge in [0.15, 0.2) is 0 Å². The van der Waals surface area contributed by atoms with E-state index < -0.39 is 18.0 Å². The van der Waals surface area contributed by atoms with Crippen molar-refractivity contribution >= 4 is 29.2 Å². The van der Waals surface area contributed by atoms with Crippen molar-refractivity contribution in [3.05, 3.63) is 117 Å². The molecule has 0 saturated heterocycles. The Morgan fingerprint density at radius 1 is 0.930 bits per heavy atom. The number of nitrogens with one attached hydrogen (secondary N) is 1. The third-order valence-corrected chi connectivity index (χ3v) is 6.58. The van der Waals surface area contributed by atoms with E-state index in [4.69, 9.17) is 29.2 Å². The SMILES string of the molecule is [C-]#[N+]C([N+]#[C-])=C1C([N+]#[C-])=C(c2ccc(N(CC)Cc3ccc(C(=O)OCCCOC(=O)NCC)cc3)cc2)C(=O)N1CC. The molecule has 3 rings (SSSR count). The molecular weight excluding hydrogens is 548 g/mol. The quantitative estimate of drug-likeness (QED) is 0.202. The Balaban J connectivity index is 1.68. The third kappa shape index (κ3) is 7.58. The fraction of sp³-hybridized carbons (Fsp3) is 0.312. The van der Waals surface area contributed by atoms with E-state index in [1.165, 1.54) is 4.90 Å². The average Bonchev–Trinajstić information content (AvgIpc) is 3.31. The van der Waals surface area contributed by atoms with Crippen molar-refractivity contribution in [3.8, 4) is 0 Å². The second-order valence-electron chi connectivity index (χ2n) is 9.19. The Bertz CT molecular complexity index is 1520. The van der Waals surface area contributed by atoms with Crippen LogP contribution in [0.25, 0.3) is 20.1 Å². The number of nitrogens with zero attached hydrogens (tertiary/aromatic N) is 5. The molecule has 1 N–H and O–H groups in total. The third-order valence-electron chi connectivity index (χ3n) is 6.58. The number of ether oxygens (including phenoxy) is 2. The van der Waals surface area contributed by atoms with E-state index in [-0.39, 0.29) is 42.5 Å². The van der Waals surface area contributed by atoms with Crippen molar-refractivity contribution in [2.24, 2.45) is 0 Å². The molecule has 0 unspecified atom stereocenters. The van der Waals surface area contributed by atoms with E-state index in [1.54, 1.807) is 38.1 Å². The van der Waals surface area contributed by atoms with Crippen molar-refractivity contribution in [3.63, 3.8) is 0 Å². The van der Waals surface area contributed by atoms with E-state index >= 15 is 0 Å². The lowest BCUT2D eigenvalue weighted by Gasteiger charge is -2.24. The van der Waals surface area contributed by atoms with Crippen LogP contribution in [0.5, 0.6) is 0 Å². The van der Waals surface area contributed by atoms with Gasteiger partial charge in [0.1, 0.15) is 18.8 Å². The van der Waals surface area contributed by atoms with Crippen LogP contribution in [0.2, 0.25) is 0 Å². The van der Waals surface area contributed by atoms with Gasteiger partial charge in [0.2, 0.25) is 11.6 Å². The number of rotatable bonds is 12. The van der Waals surface area contributed by atoms with E-state index in [0.29, 0.717) is 37.2 Å². The highest BCUT2D eigenvalue weighted by Crippen LogP contribution is 2.39. The molecule has 2 amide bonds. The predicted molar refractivity (Wildman–Crippen MR) is 161 cm³/mol. The van der Waals surface area contributed by atoms with Crippen LogP contribution >= 0.6 is 0 Å². The number of benzene rings is 2. The highest BCUT2D eigenvalue weighted by Gasteiger charge is 2.40. The molecule has 2 aromatic carbocycles. The van der Waals surface area contributed by atoms with Crippen molar-refractivity contribution in [1.82, 2.24) is 10.2 Å². The van der Waals surface area contributed by atoms with Gasteiger partial charge in [0, 0.05) is 38.3 Å². The van der Waals surface area contributed by atoms with Gasteiger partial charge in [-0.05, 0) is 56.2 Å². The number of amides is 2. The second-order valence-corrected chi connectivity index (χ2v) is 9.19.